The van der Waals surface area contributed by atoms with Gasteiger partial charge in [0, 0.05) is 31.7 Å². The topological polar surface area (TPSA) is 32.3 Å². The van der Waals surface area contributed by atoms with Crippen LogP contribution in [0.3, 0.4) is 0 Å². The van der Waals surface area contributed by atoms with Crippen LogP contribution in [-0.4, -0.2) is 42.9 Å². The zero-order valence-electron chi connectivity index (χ0n) is 11.0. The normalized spacial score (nSPS) is 18.3. The molecule has 2 rings (SSSR count). The molecule has 0 radical (unpaired) electrons. The number of hydrogen-bond donors (Lipinski definition) is 1. The van der Waals surface area contributed by atoms with Gasteiger partial charge in [0.05, 0.1) is 6.04 Å². The van der Waals surface area contributed by atoms with Crippen LogP contribution in [0.4, 0.5) is 8.78 Å². The summed E-state index contributed by atoms with van der Waals surface area (Å²) in [6.07, 6.45) is 0.665. The van der Waals surface area contributed by atoms with Crippen LogP contribution in [-0.2, 0) is 0 Å². The predicted octanol–water partition coefficient (Wildman–Crippen LogP) is 1.83. The van der Waals surface area contributed by atoms with Gasteiger partial charge in [-0.05, 0) is 24.6 Å². The molecule has 1 aromatic rings. The first kappa shape index (κ1) is 14.1. The number of carbonyl (C=O) groups excluding carboxylic acids is 1. The lowest BCUT2D eigenvalue weighted by molar-refractivity contribution is 0.0789. The molecule has 1 heterocycles. The number of Topliss-reactive ketones (excluding diaryl/α,β-unsaturated/α-hetero) is 1. The zero-order valence-corrected chi connectivity index (χ0v) is 11.0. The molecule has 1 aliphatic rings. The number of nitrogens with zero attached hydrogens (tertiary/aromatic N) is 1. The lowest BCUT2D eigenvalue weighted by atomic mass is 10.00. The highest BCUT2D eigenvalue weighted by Crippen LogP contribution is 2.15. The van der Waals surface area contributed by atoms with Crippen LogP contribution < -0.4 is 5.32 Å². The van der Waals surface area contributed by atoms with Gasteiger partial charge < -0.3 is 5.32 Å². The molecule has 0 bridgehead atoms. The fourth-order valence-corrected chi connectivity index (χ4v) is 2.45. The molecule has 0 aliphatic carbocycles. The second-order valence-electron chi connectivity index (χ2n) is 4.70. The van der Waals surface area contributed by atoms with Gasteiger partial charge in [0.15, 0.2) is 17.4 Å². The van der Waals surface area contributed by atoms with Crippen molar-refractivity contribution in [1.29, 1.82) is 0 Å². The Morgan fingerprint density at radius 1 is 1.32 bits per heavy atom. The third kappa shape index (κ3) is 3.16. The summed E-state index contributed by atoms with van der Waals surface area (Å²) in [4.78, 5) is 14.5. The Balaban J connectivity index is 2.17. The highest BCUT2D eigenvalue weighted by molar-refractivity contribution is 6.00. The largest absolute Gasteiger partial charge is 0.314 e. The van der Waals surface area contributed by atoms with E-state index in [1.807, 2.05) is 6.92 Å². The minimum absolute atomic E-state index is 0.136. The fourth-order valence-electron chi connectivity index (χ4n) is 2.45. The average Bonchev–Trinajstić information content (AvgIpc) is 2.44. The van der Waals surface area contributed by atoms with Gasteiger partial charge in [-0.15, -0.1) is 0 Å². The summed E-state index contributed by atoms with van der Waals surface area (Å²) in [7, 11) is 0. The maximum Gasteiger partial charge on any atom is 0.180 e. The number of hydrogen-bond acceptors (Lipinski definition) is 3. The first-order chi connectivity index (χ1) is 9.13. The number of nitrogens with one attached hydrogen (secondary N) is 1. The van der Waals surface area contributed by atoms with Crippen molar-refractivity contribution in [3.8, 4) is 0 Å². The third-order valence-corrected chi connectivity index (χ3v) is 3.49. The summed E-state index contributed by atoms with van der Waals surface area (Å²) >= 11 is 0. The highest BCUT2D eigenvalue weighted by atomic mass is 19.2. The zero-order chi connectivity index (χ0) is 13.8. The van der Waals surface area contributed by atoms with E-state index in [9.17, 15) is 13.6 Å². The maximum atomic E-state index is 13.2. The van der Waals surface area contributed by atoms with Crippen molar-refractivity contribution in [1.82, 2.24) is 10.2 Å². The smallest absolute Gasteiger partial charge is 0.180 e. The van der Waals surface area contributed by atoms with Gasteiger partial charge in [0.1, 0.15) is 0 Å². The Hall–Kier alpha value is -1.33. The molecule has 0 saturated carbocycles. The lowest BCUT2D eigenvalue weighted by Gasteiger charge is -2.33. The van der Waals surface area contributed by atoms with Gasteiger partial charge in [-0.2, -0.15) is 0 Å². The van der Waals surface area contributed by atoms with E-state index in [2.05, 4.69) is 10.2 Å². The van der Waals surface area contributed by atoms with E-state index in [1.165, 1.54) is 6.07 Å². The summed E-state index contributed by atoms with van der Waals surface area (Å²) in [6, 6.07) is 3.09. The van der Waals surface area contributed by atoms with Crippen molar-refractivity contribution < 1.29 is 13.6 Å². The number of rotatable bonds is 4. The minimum atomic E-state index is -0.971. The first-order valence-corrected chi connectivity index (χ1v) is 6.57. The predicted molar refractivity (Wildman–Crippen MR) is 69.2 cm³/mol. The molecule has 1 fully saturated rings. The van der Waals surface area contributed by atoms with Gasteiger partial charge in [-0.3, -0.25) is 9.69 Å². The quantitative estimate of drug-likeness (QED) is 0.846. The molecule has 1 saturated heterocycles. The first-order valence-electron chi connectivity index (χ1n) is 6.57. The van der Waals surface area contributed by atoms with E-state index in [0.29, 0.717) is 6.42 Å². The molecule has 104 valence electrons. The van der Waals surface area contributed by atoms with Crippen molar-refractivity contribution >= 4 is 5.78 Å². The van der Waals surface area contributed by atoms with E-state index in [4.69, 9.17) is 0 Å². The maximum absolute atomic E-state index is 13.2. The number of piperazine rings is 1. The molecule has 5 heteroatoms. The Morgan fingerprint density at radius 2 is 2.00 bits per heavy atom. The molecule has 1 atom stereocenters. The van der Waals surface area contributed by atoms with Crippen molar-refractivity contribution in [2.75, 3.05) is 26.2 Å². The van der Waals surface area contributed by atoms with E-state index < -0.39 is 11.6 Å². The number of halogens is 2. The minimum Gasteiger partial charge on any atom is -0.314 e. The molecule has 1 aliphatic heterocycles. The van der Waals surface area contributed by atoms with E-state index >= 15 is 0 Å². The highest BCUT2D eigenvalue weighted by Gasteiger charge is 2.26. The van der Waals surface area contributed by atoms with Crippen molar-refractivity contribution in [2.24, 2.45) is 0 Å². The van der Waals surface area contributed by atoms with Gasteiger partial charge in [0.2, 0.25) is 0 Å². The molecule has 1 unspecified atom stereocenters. The summed E-state index contributed by atoms with van der Waals surface area (Å²) in [5.74, 6) is -2.03. The summed E-state index contributed by atoms with van der Waals surface area (Å²) in [6.45, 7) is 5.23. The van der Waals surface area contributed by atoms with Crippen LogP contribution in [0.15, 0.2) is 18.2 Å². The van der Waals surface area contributed by atoms with Gasteiger partial charge in [-0.1, -0.05) is 6.92 Å². The Kier molecular flexibility index (Phi) is 4.61. The molecule has 0 aromatic heterocycles. The SMILES string of the molecule is CCC(C(=O)c1ccc(F)c(F)c1)N1CCNCC1. The number of ketones is 1. The summed E-state index contributed by atoms with van der Waals surface area (Å²) < 4.78 is 26.1. The van der Waals surface area contributed by atoms with Crippen molar-refractivity contribution in [2.45, 2.75) is 19.4 Å². The molecule has 19 heavy (non-hydrogen) atoms. The molecular weight excluding hydrogens is 250 g/mol. The molecule has 3 nitrogen and oxygen atoms in total. The van der Waals surface area contributed by atoms with Crippen LogP contribution in [0.1, 0.15) is 23.7 Å². The van der Waals surface area contributed by atoms with Crippen molar-refractivity contribution in [3.63, 3.8) is 0 Å². The molecule has 0 amide bonds. The molecule has 1 N–H and O–H groups in total. The van der Waals surface area contributed by atoms with Crippen molar-refractivity contribution in [3.05, 3.63) is 35.4 Å². The van der Waals surface area contributed by atoms with Gasteiger partial charge in [0.25, 0.3) is 0 Å². The monoisotopic (exact) mass is 268 g/mol. The second kappa shape index (κ2) is 6.21. The number of benzene rings is 1. The van der Waals surface area contributed by atoms with Crippen LogP contribution >= 0.6 is 0 Å². The lowest BCUT2D eigenvalue weighted by Crippen LogP contribution is -2.51. The van der Waals surface area contributed by atoms with Crippen LogP contribution in [0.5, 0.6) is 0 Å². The van der Waals surface area contributed by atoms with E-state index in [0.717, 1.165) is 38.3 Å². The molecule has 1 aromatic carbocycles. The summed E-state index contributed by atoms with van der Waals surface area (Å²) in [5.41, 5.74) is 0.240. The Labute approximate surface area is 111 Å². The molecular formula is C14H18F2N2O. The molecule has 0 spiro atoms. The van der Waals surface area contributed by atoms with Gasteiger partial charge >= 0.3 is 0 Å². The van der Waals surface area contributed by atoms with Crippen LogP contribution in [0.25, 0.3) is 0 Å². The van der Waals surface area contributed by atoms with E-state index in [-0.39, 0.29) is 17.4 Å². The van der Waals surface area contributed by atoms with Crippen LogP contribution in [0, 0.1) is 11.6 Å². The third-order valence-electron chi connectivity index (χ3n) is 3.49. The summed E-state index contributed by atoms with van der Waals surface area (Å²) in [5, 5.41) is 3.23. The Bertz CT molecular complexity index is 459. The Morgan fingerprint density at radius 3 is 2.58 bits per heavy atom. The van der Waals surface area contributed by atoms with Gasteiger partial charge in [-0.25, -0.2) is 8.78 Å². The average molecular weight is 268 g/mol. The van der Waals surface area contributed by atoms with E-state index in [1.54, 1.807) is 0 Å². The standard InChI is InChI=1S/C14H18F2N2O/c1-2-13(18-7-5-17-6-8-18)14(19)10-3-4-11(15)12(16)9-10/h3-4,9,13,17H,2,5-8H2,1H3. The van der Waals surface area contributed by atoms with Crippen LogP contribution in [0.2, 0.25) is 0 Å². The second-order valence-corrected chi connectivity index (χ2v) is 4.70. The fraction of sp³-hybridized carbons (Fsp3) is 0.500. The number of carbonyl (C=O) groups is 1.